The molecule has 0 aromatic carbocycles. The zero-order valence-electron chi connectivity index (χ0n) is 8.59. The van der Waals surface area contributed by atoms with Gasteiger partial charge in [0.15, 0.2) is 0 Å². The molecule has 1 aromatic rings. The Morgan fingerprint density at radius 1 is 1.69 bits per heavy atom. The molecule has 0 atom stereocenters. The Morgan fingerprint density at radius 3 is 2.85 bits per heavy atom. The molecule has 1 heterocycles. The first-order chi connectivity index (χ1) is 6.09. The van der Waals surface area contributed by atoms with Gasteiger partial charge >= 0.3 is 0 Å². The number of aryl methyl sites for hydroxylation is 2. The van der Waals surface area contributed by atoms with Crippen molar-refractivity contribution in [2.75, 3.05) is 6.54 Å². The molecule has 0 saturated carbocycles. The van der Waals surface area contributed by atoms with E-state index in [0.717, 1.165) is 24.4 Å². The van der Waals surface area contributed by atoms with E-state index in [2.05, 4.69) is 17.0 Å². The second-order valence-corrected chi connectivity index (χ2v) is 3.47. The van der Waals surface area contributed by atoms with Gasteiger partial charge in [-0.2, -0.15) is 5.10 Å². The van der Waals surface area contributed by atoms with Crippen LogP contribution in [0.1, 0.15) is 18.2 Å². The van der Waals surface area contributed by atoms with Crippen molar-refractivity contribution in [1.29, 1.82) is 0 Å². The molecule has 0 radical (unpaired) electrons. The molecule has 0 unspecified atom stereocenters. The average molecular weight is 179 g/mol. The Balaban J connectivity index is 2.45. The Hall–Kier alpha value is -1.09. The summed E-state index contributed by atoms with van der Waals surface area (Å²) in [7, 11) is 1.94. The summed E-state index contributed by atoms with van der Waals surface area (Å²) in [6.45, 7) is 9.61. The molecule has 0 saturated heterocycles. The van der Waals surface area contributed by atoms with Crippen molar-refractivity contribution >= 4 is 0 Å². The van der Waals surface area contributed by atoms with Crippen LogP contribution in [0.2, 0.25) is 0 Å². The predicted octanol–water partition coefficient (Wildman–Crippen LogP) is 1.39. The molecular formula is C10H17N3. The van der Waals surface area contributed by atoms with Crippen LogP contribution in [0.4, 0.5) is 0 Å². The maximum Gasteiger partial charge on any atom is 0.0638 e. The van der Waals surface area contributed by atoms with Gasteiger partial charge in [-0.3, -0.25) is 4.68 Å². The van der Waals surface area contributed by atoms with E-state index in [-0.39, 0.29) is 0 Å². The van der Waals surface area contributed by atoms with E-state index in [9.17, 15) is 0 Å². The number of rotatable bonds is 4. The van der Waals surface area contributed by atoms with Crippen LogP contribution in [0, 0.1) is 6.92 Å². The van der Waals surface area contributed by atoms with Crippen LogP contribution < -0.4 is 5.32 Å². The first-order valence-electron chi connectivity index (χ1n) is 4.44. The van der Waals surface area contributed by atoms with Crippen LogP contribution in [-0.4, -0.2) is 16.3 Å². The monoisotopic (exact) mass is 179 g/mol. The zero-order chi connectivity index (χ0) is 9.84. The molecular weight excluding hydrogens is 162 g/mol. The van der Waals surface area contributed by atoms with E-state index in [4.69, 9.17) is 0 Å². The molecule has 72 valence electrons. The van der Waals surface area contributed by atoms with E-state index in [0.29, 0.717) is 0 Å². The van der Waals surface area contributed by atoms with Gasteiger partial charge in [-0.25, -0.2) is 0 Å². The molecule has 3 heteroatoms. The summed E-state index contributed by atoms with van der Waals surface area (Å²) in [5.41, 5.74) is 3.50. The van der Waals surface area contributed by atoms with Crippen molar-refractivity contribution < 1.29 is 0 Å². The van der Waals surface area contributed by atoms with Crippen LogP contribution in [0.15, 0.2) is 18.3 Å². The molecule has 0 aliphatic rings. The molecule has 13 heavy (non-hydrogen) atoms. The van der Waals surface area contributed by atoms with Gasteiger partial charge in [-0.1, -0.05) is 12.2 Å². The molecule has 0 spiro atoms. The average Bonchev–Trinajstić information content (AvgIpc) is 2.29. The van der Waals surface area contributed by atoms with Crippen molar-refractivity contribution in [2.24, 2.45) is 7.05 Å². The number of nitrogens with zero attached hydrogens (tertiary/aromatic N) is 2. The van der Waals surface area contributed by atoms with E-state index in [1.165, 1.54) is 5.56 Å². The Morgan fingerprint density at radius 2 is 2.38 bits per heavy atom. The van der Waals surface area contributed by atoms with Gasteiger partial charge in [0.05, 0.1) is 5.69 Å². The third-order valence-electron chi connectivity index (χ3n) is 1.86. The molecule has 1 rings (SSSR count). The Bertz CT molecular complexity index is 299. The second-order valence-electron chi connectivity index (χ2n) is 3.47. The summed E-state index contributed by atoms with van der Waals surface area (Å²) < 4.78 is 1.84. The first kappa shape index (κ1) is 9.99. The van der Waals surface area contributed by atoms with Crippen LogP contribution in [0.3, 0.4) is 0 Å². The first-order valence-corrected chi connectivity index (χ1v) is 4.44. The van der Waals surface area contributed by atoms with Crippen molar-refractivity contribution in [3.8, 4) is 0 Å². The third-order valence-corrected chi connectivity index (χ3v) is 1.86. The minimum absolute atomic E-state index is 0.868. The minimum atomic E-state index is 0.868. The van der Waals surface area contributed by atoms with Crippen LogP contribution >= 0.6 is 0 Å². The molecule has 3 nitrogen and oxygen atoms in total. The van der Waals surface area contributed by atoms with E-state index in [1.54, 1.807) is 0 Å². The maximum absolute atomic E-state index is 4.26. The SMILES string of the molecule is C=C(C)CNCc1cn(C)nc1C. The molecule has 1 aromatic heterocycles. The van der Waals surface area contributed by atoms with Crippen molar-refractivity contribution in [2.45, 2.75) is 20.4 Å². The zero-order valence-corrected chi connectivity index (χ0v) is 8.59. The molecule has 0 bridgehead atoms. The highest BCUT2D eigenvalue weighted by molar-refractivity contribution is 5.15. The lowest BCUT2D eigenvalue weighted by molar-refractivity contribution is 0.735. The highest BCUT2D eigenvalue weighted by Gasteiger charge is 2.01. The number of hydrogen-bond acceptors (Lipinski definition) is 2. The van der Waals surface area contributed by atoms with Gasteiger partial charge in [0.2, 0.25) is 0 Å². The largest absolute Gasteiger partial charge is 0.309 e. The number of aromatic nitrogens is 2. The van der Waals surface area contributed by atoms with Gasteiger partial charge in [0.1, 0.15) is 0 Å². The van der Waals surface area contributed by atoms with Crippen LogP contribution in [0.5, 0.6) is 0 Å². The summed E-state index contributed by atoms with van der Waals surface area (Å²) in [5.74, 6) is 0. The van der Waals surface area contributed by atoms with E-state index >= 15 is 0 Å². The molecule has 0 amide bonds. The van der Waals surface area contributed by atoms with Gasteiger partial charge in [-0.05, 0) is 13.8 Å². The standard InChI is InChI=1S/C10H17N3/c1-8(2)5-11-6-10-7-13(4)12-9(10)3/h7,11H,1,5-6H2,2-4H3. The summed E-state index contributed by atoms with van der Waals surface area (Å²) >= 11 is 0. The molecule has 0 fully saturated rings. The van der Waals surface area contributed by atoms with Gasteiger partial charge in [-0.15, -0.1) is 0 Å². The van der Waals surface area contributed by atoms with E-state index < -0.39 is 0 Å². The molecule has 0 aliphatic carbocycles. The lowest BCUT2D eigenvalue weighted by atomic mass is 10.2. The Kier molecular flexibility index (Phi) is 3.25. The lowest BCUT2D eigenvalue weighted by Crippen LogP contribution is -2.15. The van der Waals surface area contributed by atoms with E-state index in [1.807, 2.05) is 31.8 Å². The maximum atomic E-state index is 4.26. The smallest absolute Gasteiger partial charge is 0.0638 e. The summed E-state index contributed by atoms with van der Waals surface area (Å²) in [5, 5.41) is 7.57. The quantitative estimate of drug-likeness (QED) is 0.708. The summed E-state index contributed by atoms with van der Waals surface area (Å²) in [6, 6.07) is 0. The van der Waals surface area contributed by atoms with Crippen LogP contribution in [-0.2, 0) is 13.6 Å². The van der Waals surface area contributed by atoms with Crippen LogP contribution in [0.25, 0.3) is 0 Å². The van der Waals surface area contributed by atoms with Gasteiger partial charge < -0.3 is 5.32 Å². The molecule has 0 aliphatic heterocycles. The topological polar surface area (TPSA) is 29.9 Å². The third kappa shape index (κ3) is 3.03. The van der Waals surface area contributed by atoms with Gasteiger partial charge in [0.25, 0.3) is 0 Å². The number of hydrogen-bond donors (Lipinski definition) is 1. The fraction of sp³-hybridized carbons (Fsp3) is 0.500. The minimum Gasteiger partial charge on any atom is -0.309 e. The normalized spacial score (nSPS) is 10.4. The summed E-state index contributed by atoms with van der Waals surface area (Å²) in [4.78, 5) is 0. The predicted molar refractivity (Wildman–Crippen MR) is 54.5 cm³/mol. The lowest BCUT2D eigenvalue weighted by Gasteiger charge is -2.01. The van der Waals surface area contributed by atoms with Crippen molar-refractivity contribution in [3.05, 3.63) is 29.6 Å². The number of nitrogens with one attached hydrogen (secondary N) is 1. The highest BCUT2D eigenvalue weighted by atomic mass is 15.2. The highest BCUT2D eigenvalue weighted by Crippen LogP contribution is 2.03. The summed E-state index contributed by atoms with van der Waals surface area (Å²) in [6.07, 6.45) is 2.04. The van der Waals surface area contributed by atoms with Gasteiger partial charge in [0, 0.05) is 31.9 Å². The fourth-order valence-electron chi connectivity index (χ4n) is 1.23. The second kappa shape index (κ2) is 4.23. The van der Waals surface area contributed by atoms with Crippen molar-refractivity contribution in [1.82, 2.24) is 15.1 Å². The fourth-order valence-corrected chi connectivity index (χ4v) is 1.23. The molecule has 1 N–H and O–H groups in total. The van der Waals surface area contributed by atoms with Crippen molar-refractivity contribution in [3.63, 3.8) is 0 Å². The Labute approximate surface area is 79.5 Å².